The molecule has 0 bridgehead atoms. The van der Waals surface area contributed by atoms with Gasteiger partial charge in [-0.15, -0.1) is 0 Å². The fourth-order valence-electron chi connectivity index (χ4n) is 1.60. The molecule has 1 aromatic carbocycles. The monoisotopic (exact) mass is 270 g/mol. The third-order valence-electron chi connectivity index (χ3n) is 2.45. The van der Waals surface area contributed by atoms with Gasteiger partial charge in [0.25, 0.3) is 0 Å². The third kappa shape index (κ3) is 3.03. The van der Waals surface area contributed by atoms with E-state index in [1.165, 1.54) is 5.56 Å². The molecule has 0 aliphatic heterocycles. The van der Waals surface area contributed by atoms with Crippen LogP contribution in [-0.2, 0) is 4.45 Å². The van der Waals surface area contributed by atoms with E-state index in [4.69, 9.17) is 0 Å². The molecule has 2 nitrogen and oxygen atoms in total. The van der Waals surface area contributed by atoms with Crippen molar-refractivity contribution >= 4 is 15.9 Å². The van der Waals surface area contributed by atoms with Crippen LogP contribution in [0.25, 0.3) is 0 Å². The van der Waals surface area contributed by atoms with Gasteiger partial charge in [-0.1, -0.05) is 46.3 Å². The minimum atomic E-state index is -0.113. The number of rotatable bonds is 4. The molecule has 0 spiro atoms. The van der Waals surface area contributed by atoms with Gasteiger partial charge in [0.2, 0.25) is 0 Å². The minimum Gasteiger partial charge on any atom is -0.306 e. The highest BCUT2D eigenvalue weighted by Gasteiger charge is 2.31. The molecule has 0 saturated carbocycles. The first-order valence-corrected chi connectivity index (χ1v) is 5.82. The van der Waals surface area contributed by atoms with E-state index in [1.807, 2.05) is 6.07 Å². The van der Waals surface area contributed by atoms with E-state index in [9.17, 15) is 0 Å². The zero-order valence-electron chi connectivity index (χ0n) is 9.87. The quantitative estimate of drug-likeness (QED) is 0.612. The van der Waals surface area contributed by atoms with E-state index in [2.05, 4.69) is 78.2 Å². The zero-order valence-corrected chi connectivity index (χ0v) is 11.5. The SMILES string of the molecule is CN(C)CC(Br)(c1ccccc1)N(C)C. The Bertz CT molecular complexity index is 298. The molecular weight excluding hydrogens is 252 g/mol. The van der Waals surface area contributed by atoms with Crippen molar-refractivity contribution in [1.82, 2.24) is 9.80 Å². The molecule has 0 fully saturated rings. The number of benzene rings is 1. The largest absolute Gasteiger partial charge is 0.306 e. The van der Waals surface area contributed by atoms with E-state index in [-0.39, 0.29) is 4.45 Å². The van der Waals surface area contributed by atoms with Gasteiger partial charge in [-0.2, -0.15) is 0 Å². The van der Waals surface area contributed by atoms with Gasteiger partial charge in [0.1, 0.15) is 4.45 Å². The topological polar surface area (TPSA) is 6.48 Å². The maximum Gasteiger partial charge on any atom is 0.114 e. The zero-order chi connectivity index (χ0) is 11.5. The lowest BCUT2D eigenvalue weighted by Gasteiger charge is -2.37. The molecule has 0 aromatic heterocycles. The Labute approximate surface area is 101 Å². The van der Waals surface area contributed by atoms with Crippen molar-refractivity contribution < 1.29 is 0 Å². The van der Waals surface area contributed by atoms with E-state index in [0.29, 0.717) is 0 Å². The maximum absolute atomic E-state index is 3.84. The highest BCUT2D eigenvalue weighted by Crippen LogP contribution is 2.33. The van der Waals surface area contributed by atoms with E-state index < -0.39 is 0 Å². The first kappa shape index (κ1) is 12.7. The Kier molecular flexibility index (Phi) is 4.32. The lowest BCUT2D eigenvalue weighted by Crippen LogP contribution is -2.43. The number of hydrogen-bond acceptors (Lipinski definition) is 2. The maximum atomic E-state index is 3.84. The molecule has 1 unspecified atom stereocenters. The molecule has 0 N–H and O–H groups in total. The van der Waals surface area contributed by atoms with Crippen molar-refractivity contribution in [3.63, 3.8) is 0 Å². The van der Waals surface area contributed by atoms with Crippen molar-refractivity contribution in [3.8, 4) is 0 Å². The molecular formula is C12H19BrN2. The van der Waals surface area contributed by atoms with Crippen LogP contribution in [0.4, 0.5) is 0 Å². The number of alkyl halides is 1. The number of likely N-dealkylation sites (N-methyl/N-ethyl adjacent to an activating group) is 2. The van der Waals surface area contributed by atoms with Crippen LogP contribution in [0.3, 0.4) is 0 Å². The Balaban J connectivity index is 3.02. The molecule has 0 aliphatic carbocycles. The van der Waals surface area contributed by atoms with Crippen molar-refractivity contribution in [2.45, 2.75) is 4.45 Å². The molecule has 1 rings (SSSR count). The normalized spacial score (nSPS) is 15.7. The lowest BCUT2D eigenvalue weighted by atomic mass is 10.1. The molecule has 3 heteroatoms. The van der Waals surface area contributed by atoms with Crippen LogP contribution in [0.5, 0.6) is 0 Å². The summed E-state index contributed by atoms with van der Waals surface area (Å²) in [6, 6.07) is 10.5. The van der Waals surface area contributed by atoms with Gasteiger partial charge in [0.05, 0.1) is 0 Å². The molecule has 0 amide bonds. The molecule has 1 aromatic rings. The van der Waals surface area contributed by atoms with Gasteiger partial charge in [0, 0.05) is 6.54 Å². The molecule has 84 valence electrons. The second-order valence-corrected chi connectivity index (χ2v) is 5.57. The van der Waals surface area contributed by atoms with Gasteiger partial charge in [-0.3, -0.25) is 4.90 Å². The molecule has 0 aliphatic rings. The summed E-state index contributed by atoms with van der Waals surface area (Å²) >= 11 is 3.84. The van der Waals surface area contributed by atoms with Crippen LogP contribution in [0.1, 0.15) is 5.56 Å². The summed E-state index contributed by atoms with van der Waals surface area (Å²) in [7, 11) is 8.35. The van der Waals surface area contributed by atoms with Crippen molar-refractivity contribution in [2.24, 2.45) is 0 Å². The third-order valence-corrected chi connectivity index (χ3v) is 3.87. The van der Waals surface area contributed by atoms with Gasteiger partial charge in [0.15, 0.2) is 0 Å². The summed E-state index contributed by atoms with van der Waals surface area (Å²) in [5, 5.41) is 0. The van der Waals surface area contributed by atoms with Crippen LogP contribution in [0.15, 0.2) is 30.3 Å². The Morgan fingerprint density at radius 2 is 1.60 bits per heavy atom. The molecule has 0 radical (unpaired) electrons. The second-order valence-electron chi connectivity index (χ2n) is 4.26. The van der Waals surface area contributed by atoms with E-state index in [1.54, 1.807) is 0 Å². The van der Waals surface area contributed by atoms with E-state index >= 15 is 0 Å². The minimum absolute atomic E-state index is 0.113. The predicted octanol–water partition coefficient (Wildman–Crippen LogP) is 2.36. The van der Waals surface area contributed by atoms with Crippen LogP contribution in [-0.4, -0.2) is 44.5 Å². The summed E-state index contributed by atoms with van der Waals surface area (Å²) in [5.41, 5.74) is 1.28. The van der Waals surface area contributed by atoms with Crippen LogP contribution >= 0.6 is 15.9 Å². The predicted molar refractivity (Wildman–Crippen MR) is 69.3 cm³/mol. The lowest BCUT2D eigenvalue weighted by molar-refractivity contribution is 0.205. The molecule has 0 saturated heterocycles. The fraction of sp³-hybridized carbons (Fsp3) is 0.500. The van der Waals surface area contributed by atoms with Crippen molar-refractivity contribution in [3.05, 3.63) is 35.9 Å². The van der Waals surface area contributed by atoms with Gasteiger partial charge in [-0.05, 0) is 33.8 Å². The highest BCUT2D eigenvalue weighted by atomic mass is 79.9. The number of halogens is 1. The summed E-state index contributed by atoms with van der Waals surface area (Å²) < 4.78 is -0.113. The summed E-state index contributed by atoms with van der Waals surface area (Å²) in [5.74, 6) is 0. The Morgan fingerprint density at radius 3 is 2.00 bits per heavy atom. The average molecular weight is 271 g/mol. The van der Waals surface area contributed by atoms with Crippen LogP contribution < -0.4 is 0 Å². The summed E-state index contributed by atoms with van der Waals surface area (Å²) in [4.78, 5) is 4.38. The van der Waals surface area contributed by atoms with Gasteiger partial charge >= 0.3 is 0 Å². The van der Waals surface area contributed by atoms with E-state index in [0.717, 1.165) is 6.54 Å². The average Bonchev–Trinajstić information content (AvgIpc) is 2.17. The van der Waals surface area contributed by atoms with Crippen molar-refractivity contribution in [1.29, 1.82) is 0 Å². The Morgan fingerprint density at radius 1 is 1.07 bits per heavy atom. The molecule has 0 heterocycles. The standard InChI is InChI=1S/C12H19BrN2/c1-14(2)10-12(13,15(3)4)11-8-6-5-7-9-11/h5-9H,10H2,1-4H3. The number of hydrogen-bond donors (Lipinski definition) is 0. The van der Waals surface area contributed by atoms with Crippen LogP contribution in [0, 0.1) is 0 Å². The van der Waals surface area contributed by atoms with Gasteiger partial charge < -0.3 is 4.90 Å². The second kappa shape index (κ2) is 5.10. The highest BCUT2D eigenvalue weighted by molar-refractivity contribution is 9.09. The van der Waals surface area contributed by atoms with Crippen molar-refractivity contribution in [2.75, 3.05) is 34.7 Å². The van der Waals surface area contributed by atoms with Crippen LogP contribution in [0.2, 0.25) is 0 Å². The smallest absolute Gasteiger partial charge is 0.114 e. The first-order valence-electron chi connectivity index (χ1n) is 5.03. The first-order chi connectivity index (χ1) is 6.97. The molecule has 1 atom stereocenters. The summed E-state index contributed by atoms with van der Waals surface area (Å²) in [6.07, 6.45) is 0. The van der Waals surface area contributed by atoms with Gasteiger partial charge in [-0.25, -0.2) is 0 Å². The molecule has 15 heavy (non-hydrogen) atoms. The Hall–Kier alpha value is -0.380. The number of nitrogens with zero attached hydrogens (tertiary/aromatic N) is 2. The fourth-order valence-corrected chi connectivity index (χ4v) is 2.37. The summed E-state index contributed by atoms with van der Waals surface area (Å²) in [6.45, 7) is 0.935.